The van der Waals surface area contributed by atoms with Crippen molar-refractivity contribution in [2.24, 2.45) is 0 Å². The minimum absolute atomic E-state index is 0.183. The fourth-order valence-corrected chi connectivity index (χ4v) is 3.89. The summed E-state index contributed by atoms with van der Waals surface area (Å²) in [6.45, 7) is 0. The quantitative estimate of drug-likeness (QED) is 0.267. The largest absolute Gasteiger partial charge is 0.478 e. The van der Waals surface area contributed by atoms with Crippen molar-refractivity contribution in [1.82, 2.24) is 9.97 Å². The van der Waals surface area contributed by atoms with E-state index in [4.69, 9.17) is 0 Å². The third-order valence-corrected chi connectivity index (χ3v) is 5.68. The molecule has 0 saturated heterocycles. The van der Waals surface area contributed by atoms with E-state index in [0.29, 0.717) is 28.2 Å². The summed E-state index contributed by atoms with van der Waals surface area (Å²) in [4.78, 5) is 32.1. The van der Waals surface area contributed by atoms with Crippen molar-refractivity contribution < 1.29 is 14.7 Å². The molecule has 3 aromatic carbocycles. The van der Waals surface area contributed by atoms with Gasteiger partial charge in [-0.2, -0.15) is 0 Å². The molecule has 6 nitrogen and oxygen atoms in total. The summed E-state index contributed by atoms with van der Waals surface area (Å²) in [7, 11) is 0. The van der Waals surface area contributed by atoms with Gasteiger partial charge in [0.15, 0.2) is 0 Å². The van der Waals surface area contributed by atoms with Gasteiger partial charge in [-0.1, -0.05) is 72.8 Å². The van der Waals surface area contributed by atoms with E-state index in [1.165, 1.54) is 0 Å². The molecule has 0 spiro atoms. The highest BCUT2D eigenvalue weighted by atomic mass is 16.4. The lowest BCUT2D eigenvalue weighted by molar-refractivity contribution is -0.130. The number of rotatable bonds is 6. The second-order valence-electron chi connectivity index (χ2n) is 7.96. The first-order valence-electron chi connectivity index (χ1n) is 11.0. The third kappa shape index (κ3) is 4.72. The number of fused-ring (bicyclic) bond motifs is 1. The van der Waals surface area contributed by atoms with Gasteiger partial charge in [-0.25, -0.2) is 9.78 Å². The van der Waals surface area contributed by atoms with Crippen molar-refractivity contribution in [3.05, 3.63) is 120 Å². The Hall–Kier alpha value is -4.97. The highest BCUT2D eigenvalue weighted by molar-refractivity contribution is 6.21. The van der Waals surface area contributed by atoms with Crippen molar-refractivity contribution in [1.29, 1.82) is 0 Å². The maximum Gasteiger partial charge on any atom is 0.336 e. The van der Waals surface area contributed by atoms with Crippen LogP contribution < -0.4 is 5.32 Å². The lowest BCUT2D eigenvalue weighted by Crippen LogP contribution is -2.12. The van der Waals surface area contributed by atoms with E-state index < -0.39 is 5.97 Å². The Bertz CT molecular complexity index is 1540. The number of anilines is 1. The zero-order valence-electron chi connectivity index (χ0n) is 18.6. The van der Waals surface area contributed by atoms with Crippen molar-refractivity contribution in [3.63, 3.8) is 0 Å². The van der Waals surface area contributed by atoms with Gasteiger partial charge in [0.1, 0.15) is 11.5 Å². The van der Waals surface area contributed by atoms with Crippen molar-refractivity contribution in [2.45, 2.75) is 0 Å². The van der Waals surface area contributed by atoms with Crippen molar-refractivity contribution in [3.8, 4) is 11.1 Å². The van der Waals surface area contributed by atoms with E-state index in [-0.39, 0.29) is 11.5 Å². The molecular formula is C29H21N3O3. The Balaban J connectivity index is 1.36. The number of aliphatic carboxylic acids is 1. The predicted molar refractivity (Wildman–Crippen MR) is 138 cm³/mol. The van der Waals surface area contributed by atoms with Gasteiger partial charge >= 0.3 is 5.97 Å². The first-order chi connectivity index (χ1) is 17.1. The zero-order valence-corrected chi connectivity index (χ0v) is 18.6. The van der Waals surface area contributed by atoms with Gasteiger partial charge in [0.05, 0.1) is 5.57 Å². The van der Waals surface area contributed by atoms with E-state index in [2.05, 4.69) is 15.3 Å². The molecule has 35 heavy (non-hydrogen) atoms. The molecule has 0 atom stereocenters. The maximum atomic E-state index is 12.7. The molecule has 5 aromatic rings. The molecule has 2 heterocycles. The number of carbonyl (C=O) groups is 2. The molecule has 2 aromatic heterocycles. The van der Waals surface area contributed by atoms with Crippen LogP contribution in [0.3, 0.4) is 0 Å². The topological polar surface area (TPSA) is 95.1 Å². The number of carboxylic acids is 1. The Morgan fingerprint density at radius 1 is 0.771 bits per heavy atom. The molecule has 170 valence electrons. The highest BCUT2D eigenvalue weighted by Crippen LogP contribution is 2.25. The van der Waals surface area contributed by atoms with E-state index in [1.807, 2.05) is 54.6 Å². The number of carboxylic acid groups (broad SMARTS) is 1. The number of hydrogen-bond acceptors (Lipinski definition) is 3. The average molecular weight is 460 g/mol. The van der Waals surface area contributed by atoms with Crippen molar-refractivity contribution >= 4 is 40.4 Å². The second kappa shape index (κ2) is 9.49. The number of nitrogens with zero attached hydrogens (tertiary/aromatic N) is 1. The average Bonchev–Trinajstić information content (AvgIpc) is 3.30. The Morgan fingerprint density at radius 3 is 2.11 bits per heavy atom. The lowest BCUT2D eigenvalue weighted by atomic mass is 10.0. The third-order valence-electron chi connectivity index (χ3n) is 5.68. The van der Waals surface area contributed by atoms with Crippen LogP contribution in [0.25, 0.3) is 33.8 Å². The molecule has 1 amide bonds. The van der Waals surface area contributed by atoms with Crippen LogP contribution >= 0.6 is 0 Å². The summed E-state index contributed by atoms with van der Waals surface area (Å²) in [5, 5.41) is 13.3. The Morgan fingerprint density at radius 2 is 1.43 bits per heavy atom. The molecule has 0 aliphatic rings. The van der Waals surface area contributed by atoms with Gasteiger partial charge in [0.25, 0.3) is 5.91 Å². The zero-order chi connectivity index (χ0) is 24.2. The fourth-order valence-electron chi connectivity index (χ4n) is 3.89. The van der Waals surface area contributed by atoms with Crippen LogP contribution in [0.1, 0.15) is 21.5 Å². The summed E-state index contributed by atoms with van der Waals surface area (Å²) in [5.41, 5.74) is 4.68. The maximum absolute atomic E-state index is 12.7. The van der Waals surface area contributed by atoms with Gasteiger partial charge < -0.3 is 15.4 Å². The van der Waals surface area contributed by atoms with Crippen LogP contribution in [0.2, 0.25) is 0 Å². The molecule has 0 aliphatic heterocycles. The van der Waals surface area contributed by atoms with E-state index in [9.17, 15) is 14.7 Å². The molecule has 0 radical (unpaired) electrons. The molecule has 0 bridgehead atoms. The number of pyridine rings is 1. The van der Waals surface area contributed by atoms with E-state index in [1.54, 1.807) is 54.7 Å². The fraction of sp³-hybridized carbons (Fsp3) is 0. The van der Waals surface area contributed by atoms with Crippen molar-refractivity contribution in [2.75, 3.05) is 5.32 Å². The van der Waals surface area contributed by atoms with Crippen LogP contribution in [0, 0.1) is 0 Å². The Kier molecular flexibility index (Phi) is 5.92. The van der Waals surface area contributed by atoms with E-state index in [0.717, 1.165) is 16.5 Å². The summed E-state index contributed by atoms with van der Waals surface area (Å²) >= 11 is 0. The monoisotopic (exact) mass is 459 g/mol. The number of nitrogens with one attached hydrogen (secondary N) is 2. The minimum Gasteiger partial charge on any atom is -0.478 e. The number of carbonyl (C=O) groups excluding carboxylic acids is 1. The van der Waals surface area contributed by atoms with E-state index >= 15 is 0 Å². The SMILES string of the molecule is O=C(O)C(=Cc1c[nH]c2nc(NC(=O)c3ccc(-c4ccccc4)cc3)ccc12)c1ccccc1. The molecular weight excluding hydrogens is 438 g/mol. The first-order valence-corrected chi connectivity index (χ1v) is 11.0. The van der Waals surface area contributed by atoms with Crippen LogP contribution in [-0.4, -0.2) is 27.0 Å². The molecule has 5 rings (SSSR count). The van der Waals surface area contributed by atoms with Gasteiger partial charge in [-0.3, -0.25) is 4.79 Å². The lowest BCUT2D eigenvalue weighted by Gasteiger charge is -2.06. The molecule has 3 N–H and O–H groups in total. The highest BCUT2D eigenvalue weighted by Gasteiger charge is 2.13. The smallest absolute Gasteiger partial charge is 0.336 e. The summed E-state index contributed by atoms with van der Waals surface area (Å²) in [6, 6.07) is 29.8. The number of aromatic amines is 1. The molecule has 0 fully saturated rings. The number of benzene rings is 3. The standard InChI is InChI=1S/C29H21N3O3/c33-28(22-13-11-20(12-14-22)19-7-3-1-4-8-19)32-26-16-15-24-23(18-30-27(24)31-26)17-25(29(34)35)21-9-5-2-6-10-21/h1-18H,(H,34,35)(H2,30,31,32,33). The number of amides is 1. The molecule has 0 aliphatic carbocycles. The van der Waals surface area contributed by atoms with Gasteiger partial charge in [0.2, 0.25) is 0 Å². The molecule has 0 unspecified atom stereocenters. The second-order valence-corrected chi connectivity index (χ2v) is 7.96. The summed E-state index contributed by atoms with van der Waals surface area (Å²) < 4.78 is 0. The van der Waals surface area contributed by atoms with Crippen LogP contribution in [-0.2, 0) is 4.79 Å². The van der Waals surface area contributed by atoms with Gasteiger partial charge in [-0.15, -0.1) is 0 Å². The first kappa shape index (κ1) is 21.9. The van der Waals surface area contributed by atoms with Gasteiger partial charge in [0, 0.05) is 22.7 Å². The van der Waals surface area contributed by atoms with Gasteiger partial charge in [-0.05, 0) is 47.0 Å². The normalized spacial score (nSPS) is 11.4. The predicted octanol–water partition coefficient (Wildman–Crippen LogP) is 6.11. The number of hydrogen-bond donors (Lipinski definition) is 3. The minimum atomic E-state index is -1.01. The summed E-state index contributed by atoms with van der Waals surface area (Å²) in [6.07, 6.45) is 3.32. The number of H-pyrrole nitrogens is 1. The van der Waals surface area contributed by atoms with Crippen LogP contribution in [0.5, 0.6) is 0 Å². The Labute approximate surface area is 201 Å². The molecule has 0 saturated carbocycles. The van der Waals surface area contributed by atoms with Crippen LogP contribution in [0.4, 0.5) is 5.82 Å². The number of aromatic nitrogens is 2. The molecule has 6 heteroatoms. The van der Waals surface area contributed by atoms with Crippen LogP contribution in [0.15, 0.2) is 103 Å². The summed E-state index contributed by atoms with van der Waals surface area (Å²) in [5.74, 6) is -0.880.